The Morgan fingerprint density at radius 2 is 1.96 bits per heavy atom. The van der Waals surface area contributed by atoms with Crippen LogP contribution in [0.15, 0.2) is 33.7 Å². The van der Waals surface area contributed by atoms with Gasteiger partial charge in [0, 0.05) is 12.5 Å². The molecule has 0 aliphatic carbocycles. The van der Waals surface area contributed by atoms with Crippen molar-refractivity contribution in [2.24, 2.45) is 0 Å². The SMILES string of the molecule is COc1ccc(S(=O)(=O)CCc2noc(C(=O)NC(C)C)n2)cc1. The summed E-state index contributed by atoms with van der Waals surface area (Å²) in [7, 11) is -1.98. The molecule has 2 aromatic rings. The van der Waals surface area contributed by atoms with Crippen LogP contribution in [0.25, 0.3) is 0 Å². The highest BCUT2D eigenvalue weighted by atomic mass is 32.2. The fraction of sp³-hybridized carbons (Fsp3) is 0.400. The van der Waals surface area contributed by atoms with Crippen molar-refractivity contribution in [3.8, 4) is 5.75 Å². The molecule has 0 aliphatic rings. The zero-order valence-corrected chi connectivity index (χ0v) is 14.5. The Kier molecular flexibility index (Phi) is 5.55. The largest absolute Gasteiger partial charge is 0.497 e. The molecule has 9 heteroatoms. The lowest BCUT2D eigenvalue weighted by atomic mass is 10.3. The molecule has 1 amide bonds. The normalized spacial score (nSPS) is 11.5. The molecule has 1 N–H and O–H groups in total. The average Bonchev–Trinajstić information content (AvgIpc) is 3.02. The van der Waals surface area contributed by atoms with Crippen molar-refractivity contribution >= 4 is 15.7 Å². The number of nitrogens with zero attached hydrogens (tertiary/aromatic N) is 2. The lowest BCUT2D eigenvalue weighted by molar-refractivity contribution is 0.0899. The summed E-state index contributed by atoms with van der Waals surface area (Å²) < 4.78 is 34.4. The number of hydrogen-bond acceptors (Lipinski definition) is 7. The van der Waals surface area contributed by atoms with Crippen LogP contribution in [-0.4, -0.2) is 43.4 Å². The van der Waals surface area contributed by atoms with Gasteiger partial charge in [0.05, 0.1) is 17.8 Å². The molecule has 24 heavy (non-hydrogen) atoms. The van der Waals surface area contributed by atoms with Gasteiger partial charge in [-0.05, 0) is 38.1 Å². The molecule has 0 saturated heterocycles. The highest BCUT2D eigenvalue weighted by Gasteiger charge is 2.19. The van der Waals surface area contributed by atoms with Crippen LogP contribution in [0, 0.1) is 0 Å². The standard InChI is InChI=1S/C15H19N3O5S/c1-10(2)16-14(19)15-17-13(18-23-15)8-9-24(20,21)12-6-4-11(22-3)5-7-12/h4-7,10H,8-9H2,1-3H3,(H,16,19). The van der Waals surface area contributed by atoms with Crippen molar-refractivity contribution in [2.75, 3.05) is 12.9 Å². The van der Waals surface area contributed by atoms with E-state index in [4.69, 9.17) is 9.26 Å². The lowest BCUT2D eigenvalue weighted by Gasteiger charge is -2.04. The fourth-order valence-electron chi connectivity index (χ4n) is 1.90. The molecule has 0 radical (unpaired) electrons. The summed E-state index contributed by atoms with van der Waals surface area (Å²) in [6.07, 6.45) is 0.0484. The van der Waals surface area contributed by atoms with E-state index in [-0.39, 0.29) is 34.8 Å². The maximum Gasteiger partial charge on any atom is 0.315 e. The summed E-state index contributed by atoms with van der Waals surface area (Å²) in [5.41, 5.74) is 0. The van der Waals surface area contributed by atoms with E-state index in [0.29, 0.717) is 5.75 Å². The molecule has 0 bridgehead atoms. The first kappa shape index (κ1) is 17.9. The number of methoxy groups -OCH3 is 1. The van der Waals surface area contributed by atoms with Gasteiger partial charge in [0.2, 0.25) is 0 Å². The second kappa shape index (κ2) is 7.43. The van der Waals surface area contributed by atoms with Crippen molar-refractivity contribution in [1.82, 2.24) is 15.5 Å². The number of nitrogens with one attached hydrogen (secondary N) is 1. The summed E-state index contributed by atoms with van der Waals surface area (Å²) in [6.45, 7) is 3.60. The highest BCUT2D eigenvalue weighted by molar-refractivity contribution is 7.91. The van der Waals surface area contributed by atoms with E-state index < -0.39 is 15.7 Å². The monoisotopic (exact) mass is 353 g/mol. The lowest BCUT2D eigenvalue weighted by Crippen LogP contribution is -2.30. The van der Waals surface area contributed by atoms with Crippen LogP contribution in [0.4, 0.5) is 0 Å². The zero-order chi connectivity index (χ0) is 17.7. The molecule has 0 saturated carbocycles. The molecule has 1 heterocycles. The van der Waals surface area contributed by atoms with Gasteiger partial charge in [0.25, 0.3) is 0 Å². The van der Waals surface area contributed by atoms with E-state index in [1.165, 1.54) is 19.2 Å². The topological polar surface area (TPSA) is 111 Å². The van der Waals surface area contributed by atoms with Gasteiger partial charge in [-0.15, -0.1) is 0 Å². The number of hydrogen-bond donors (Lipinski definition) is 1. The minimum Gasteiger partial charge on any atom is -0.497 e. The zero-order valence-electron chi connectivity index (χ0n) is 13.6. The van der Waals surface area contributed by atoms with Crippen LogP contribution in [0.3, 0.4) is 0 Å². The molecule has 8 nitrogen and oxygen atoms in total. The van der Waals surface area contributed by atoms with Gasteiger partial charge in [-0.25, -0.2) is 8.42 Å². The first-order chi connectivity index (χ1) is 11.3. The Hall–Kier alpha value is -2.42. The molecule has 0 unspecified atom stereocenters. The first-order valence-electron chi connectivity index (χ1n) is 7.32. The maximum atomic E-state index is 12.3. The van der Waals surface area contributed by atoms with Crippen molar-refractivity contribution in [3.05, 3.63) is 36.0 Å². The third kappa shape index (κ3) is 4.54. The van der Waals surface area contributed by atoms with E-state index >= 15 is 0 Å². The smallest absolute Gasteiger partial charge is 0.315 e. The van der Waals surface area contributed by atoms with Crippen molar-refractivity contribution in [3.63, 3.8) is 0 Å². The van der Waals surface area contributed by atoms with Crippen LogP contribution < -0.4 is 10.1 Å². The minimum absolute atomic E-state index is 0.0484. The summed E-state index contributed by atoms with van der Waals surface area (Å²) >= 11 is 0. The predicted octanol–water partition coefficient (Wildman–Crippen LogP) is 1.23. The number of benzene rings is 1. The molecular formula is C15H19N3O5S. The van der Waals surface area contributed by atoms with E-state index in [1.54, 1.807) is 26.0 Å². The van der Waals surface area contributed by atoms with Gasteiger partial charge >= 0.3 is 11.8 Å². The fourth-order valence-corrected chi connectivity index (χ4v) is 3.14. The number of carbonyl (C=O) groups excluding carboxylic acids is 1. The van der Waals surface area contributed by atoms with Crippen molar-refractivity contribution in [1.29, 1.82) is 0 Å². The summed E-state index contributed by atoms with van der Waals surface area (Å²) in [5, 5.41) is 6.25. The number of ether oxygens (including phenoxy) is 1. The van der Waals surface area contributed by atoms with Crippen LogP contribution in [0.1, 0.15) is 30.4 Å². The van der Waals surface area contributed by atoms with Gasteiger partial charge in [0.1, 0.15) is 5.75 Å². The number of rotatable bonds is 7. The quantitative estimate of drug-likeness (QED) is 0.797. The Labute approximate surface area is 140 Å². The van der Waals surface area contributed by atoms with Crippen LogP contribution >= 0.6 is 0 Å². The Balaban J connectivity index is 2.01. The third-order valence-electron chi connectivity index (χ3n) is 3.10. The van der Waals surface area contributed by atoms with Gasteiger partial charge in [0.15, 0.2) is 15.7 Å². The maximum absolute atomic E-state index is 12.3. The van der Waals surface area contributed by atoms with Gasteiger partial charge in [-0.2, -0.15) is 4.98 Å². The number of aryl methyl sites for hydroxylation is 1. The van der Waals surface area contributed by atoms with Crippen molar-refractivity contribution in [2.45, 2.75) is 31.2 Å². The Morgan fingerprint density at radius 3 is 2.54 bits per heavy atom. The second-order valence-electron chi connectivity index (χ2n) is 5.39. The number of amides is 1. The van der Waals surface area contributed by atoms with E-state index in [2.05, 4.69) is 15.5 Å². The summed E-state index contributed by atoms with van der Waals surface area (Å²) in [5.74, 6) is -0.111. The van der Waals surface area contributed by atoms with Crippen LogP contribution in [0.2, 0.25) is 0 Å². The van der Waals surface area contributed by atoms with Crippen LogP contribution in [-0.2, 0) is 16.3 Å². The minimum atomic E-state index is -3.49. The van der Waals surface area contributed by atoms with Gasteiger partial charge in [-0.3, -0.25) is 4.79 Å². The number of carbonyl (C=O) groups is 1. The highest BCUT2D eigenvalue weighted by Crippen LogP contribution is 2.17. The summed E-state index contributed by atoms with van der Waals surface area (Å²) in [6, 6.07) is 6.05. The third-order valence-corrected chi connectivity index (χ3v) is 4.83. The second-order valence-corrected chi connectivity index (χ2v) is 7.50. The Morgan fingerprint density at radius 1 is 1.29 bits per heavy atom. The first-order valence-corrected chi connectivity index (χ1v) is 8.97. The molecule has 0 aliphatic heterocycles. The van der Waals surface area contributed by atoms with Crippen molar-refractivity contribution < 1.29 is 22.5 Å². The molecule has 0 atom stereocenters. The van der Waals surface area contributed by atoms with Gasteiger partial charge in [-0.1, -0.05) is 5.16 Å². The molecule has 1 aromatic heterocycles. The summed E-state index contributed by atoms with van der Waals surface area (Å²) in [4.78, 5) is 15.8. The van der Waals surface area contributed by atoms with E-state index in [0.717, 1.165) is 0 Å². The number of aromatic nitrogens is 2. The molecule has 0 fully saturated rings. The van der Waals surface area contributed by atoms with E-state index in [9.17, 15) is 13.2 Å². The molecule has 2 rings (SSSR count). The predicted molar refractivity (Wildman–Crippen MR) is 85.7 cm³/mol. The molecule has 0 spiro atoms. The van der Waals surface area contributed by atoms with E-state index in [1.807, 2.05) is 0 Å². The molecule has 130 valence electrons. The number of sulfone groups is 1. The van der Waals surface area contributed by atoms with Gasteiger partial charge < -0.3 is 14.6 Å². The molecule has 1 aromatic carbocycles. The molecular weight excluding hydrogens is 334 g/mol. The average molecular weight is 353 g/mol. The van der Waals surface area contributed by atoms with Crippen LogP contribution in [0.5, 0.6) is 5.75 Å². The Bertz CT molecular complexity index is 797.